The van der Waals surface area contributed by atoms with Crippen LogP contribution in [0.25, 0.3) is 0 Å². The van der Waals surface area contributed by atoms with E-state index < -0.39 is 6.10 Å². The van der Waals surface area contributed by atoms with E-state index in [1.165, 1.54) is 11.1 Å². The van der Waals surface area contributed by atoms with Crippen LogP contribution in [0, 0.1) is 24.7 Å². The Bertz CT molecular complexity index is 794. The van der Waals surface area contributed by atoms with Crippen LogP contribution in [0.4, 0.5) is 0 Å². The van der Waals surface area contributed by atoms with Crippen molar-refractivity contribution in [3.8, 4) is 0 Å². The summed E-state index contributed by atoms with van der Waals surface area (Å²) in [6, 6.07) is 8.27. The number of nitrogens with zero attached hydrogens (tertiary/aromatic N) is 1. The van der Waals surface area contributed by atoms with Crippen LogP contribution in [0.5, 0.6) is 0 Å². The molecule has 1 saturated carbocycles. The second-order valence-electron chi connectivity index (χ2n) is 10.9. The van der Waals surface area contributed by atoms with E-state index in [-0.39, 0.29) is 17.6 Å². The Hall–Kier alpha value is -1.46. The van der Waals surface area contributed by atoms with E-state index in [1.54, 1.807) is 0 Å². The molecule has 0 radical (unpaired) electrons. The van der Waals surface area contributed by atoms with E-state index in [0.717, 1.165) is 38.0 Å². The van der Waals surface area contributed by atoms with Gasteiger partial charge in [0.1, 0.15) is 0 Å². The monoisotopic (exact) mass is 441 g/mol. The molecule has 4 nitrogen and oxygen atoms in total. The molecule has 1 aromatic rings. The van der Waals surface area contributed by atoms with Crippen molar-refractivity contribution in [3.05, 3.63) is 59.2 Å². The Morgan fingerprint density at radius 2 is 2.06 bits per heavy atom. The summed E-state index contributed by atoms with van der Waals surface area (Å²) in [5.41, 5.74) is 3.92. The molecule has 2 aliphatic carbocycles. The Balaban J connectivity index is 1.43. The lowest BCUT2D eigenvalue weighted by atomic mass is 9.89. The zero-order chi connectivity index (χ0) is 23.3. The molecule has 1 aromatic carbocycles. The number of rotatable bonds is 10. The minimum Gasteiger partial charge on any atom is -0.392 e. The number of allylic oxidation sites excluding steroid dienone is 1. The minimum absolute atomic E-state index is 0.112. The van der Waals surface area contributed by atoms with Gasteiger partial charge in [0.15, 0.2) is 0 Å². The number of aliphatic hydroxyl groups excluding tert-OH is 2. The molecule has 0 aliphatic heterocycles. The molecule has 0 bridgehead atoms. The summed E-state index contributed by atoms with van der Waals surface area (Å²) in [5.74, 6) is 0.971. The van der Waals surface area contributed by atoms with Gasteiger partial charge < -0.3 is 19.8 Å². The van der Waals surface area contributed by atoms with Crippen molar-refractivity contribution in [2.75, 3.05) is 26.8 Å². The smallest absolute Gasteiger partial charge is 0.0761 e. The second-order valence-corrected chi connectivity index (χ2v) is 10.9. The third-order valence-corrected chi connectivity index (χ3v) is 7.25. The maximum Gasteiger partial charge on any atom is 0.0761 e. The number of aryl methyl sites for hydroxylation is 1. The average molecular weight is 442 g/mol. The average Bonchev–Trinajstić information content (AvgIpc) is 3.21. The Labute approximate surface area is 195 Å². The number of hydrogen-bond donors (Lipinski definition) is 2. The van der Waals surface area contributed by atoms with Gasteiger partial charge >= 0.3 is 0 Å². The Kier molecular flexibility index (Phi) is 8.74. The maximum atomic E-state index is 10.6. The highest BCUT2D eigenvalue weighted by Crippen LogP contribution is 2.47. The number of aliphatic hydroxyl groups is 2. The van der Waals surface area contributed by atoms with Crippen molar-refractivity contribution in [1.82, 2.24) is 4.90 Å². The number of ether oxygens (including phenoxy) is 1. The van der Waals surface area contributed by atoms with Crippen LogP contribution in [0.15, 0.2) is 48.1 Å². The third kappa shape index (κ3) is 7.02. The molecule has 4 heteroatoms. The molecule has 0 spiro atoms. The topological polar surface area (TPSA) is 52.9 Å². The molecule has 0 amide bonds. The highest BCUT2D eigenvalue weighted by molar-refractivity contribution is 5.24. The van der Waals surface area contributed by atoms with Gasteiger partial charge in [0.25, 0.3) is 0 Å². The number of fused-ring (bicyclic) bond motifs is 1. The fourth-order valence-corrected chi connectivity index (χ4v) is 5.06. The lowest BCUT2D eigenvalue weighted by molar-refractivity contribution is 0.116. The number of benzene rings is 1. The minimum atomic E-state index is -0.522. The normalized spacial score (nSPS) is 26.7. The summed E-state index contributed by atoms with van der Waals surface area (Å²) in [6.07, 6.45) is 8.90. The van der Waals surface area contributed by atoms with Crippen LogP contribution in [0.2, 0.25) is 0 Å². The standard InChI is InChI=1S/C28H43NO3/c1-20-8-6-9-21(14-20)16-24(30)10-11-25-26-17-22(15-23(26)18-27(25)31)19-32-13-7-12-29(5)28(2,3)4/h6,8-11,14-15,23-27,30-31H,7,12-13,16-19H2,1-5H3/t23-,24-,25+,26-,27+/m0/s1. The molecule has 2 N–H and O–H groups in total. The lowest BCUT2D eigenvalue weighted by Gasteiger charge is -2.31. The molecule has 32 heavy (non-hydrogen) atoms. The largest absolute Gasteiger partial charge is 0.392 e. The van der Waals surface area contributed by atoms with Crippen LogP contribution in [-0.2, 0) is 11.2 Å². The van der Waals surface area contributed by atoms with E-state index in [9.17, 15) is 10.2 Å². The van der Waals surface area contributed by atoms with Gasteiger partial charge in [-0.15, -0.1) is 0 Å². The molecule has 0 heterocycles. The van der Waals surface area contributed by atoms with E-state index in [4.69, 9.17) is 4.74 Å². The molecule has 0 aromatic heterocycles. The van der Waals surface area contributed by atoms with Crippen LogP contribution in [0.1, 0.15) is 51.2 Å². The molecule has 1 fully saturated rings. The second kappa shape index (κ2) is 11.1. The first-order valence-electron chi connectivity index (χ1n) is 12.2. The quantitative estimate of drug-likeness (QED) is 0.414. The van der Waals surface area contributed by atoms with Gasteiger partial charge in [-0.25, -0.2) is 0 Å². The van der Waals surface area contributed by atoms with Crippen LogP contribution in [-0.4, -0.2) is 59.7 Å². The first-order valence-corrected chi connectivity index (χ1v) is 12.2. The number of hydrogen-bond acceptors (Lipinski definition) is 4. The van der Waals surface area contributed by atoms with Crippen molar-refractivity contribution in [3.63, 3.8) is 0 Å². The van der Waals surface area contributed by atoms with E-state index in [2.05, 4.69) is 70.0 Å². The van der Waals surface area contributed by atoms with Gasteiger partial charge in [-0.2, -0.15) is 0 Å². The summed E-state index contributed by atoms with van der Waals surface area (Å²) in [6.45, 7) is 11.3. The molecule has 178 valence electrons. The molecule has 2 aliphatic rings. The van der Waals surface area contributed by atoms with Crippen LogP contribution in [0.3, 0.4) is 0 Å². The summed E-state index contributed by atoms with van der Waals surface area (Å²) in [5, 5.41) is 21.1. The zero-order valence-corrected chi connectivity index (χ0v) is 20.6. The molecule has 0 saturated heterocycles. The van der Waals surface area contributed by atoms with Gasteiger partial charge in [0, 0.05) is 31.0 Å². The van der Waals surface area contributed by atoms with Gasteiger partial charge in [0.2, 0.25) is 0 Å². The summed E-state index contributed by atoms with van der Waals surface area (Å²) in [4.78, 5) is 2.36. The Morgan fingerprint density at radius 1 is 1.28 bits per heavy atom. The summed E-state index contributed by atoms with van der Waals surface area (Å²) < 4.78 is 5.97. The van der Waals surface area contributed by atoms with Crippen molar-refractivity contribution >= 4 is 0 Å². The van der Waals surface area contributed by atoms with Gasteiger partial charge in [-0.05, 0) is 77.0 Å². The van der Waals surface area contributed by atoms with Gasteiger partial charge in [0.05, 0.1) is 18.8 Å². The lowest BCUT2D eigenvalue weighted by Crippen LogP contribution is -2.38. The zero-order valence-electron chi connectivity index (χ0n) is 20.6. The highest BCUT2D eigenvalue weighted by Gasteiger charge is 2.43. The Morgan fingerprint density at radius 3 is 2.78 bits per heavy atom. The van der Waals surface area contributed by atoms with Crippen LogP contribution < -0.4 is 0 Å². The van der Waals surface area contributed by atoms with Crippen molar-refractivity contribution in [1.29, 1.82) is 0 Å². The highest BCUT2D eigenvalue weighted by atomic mass is 16.5. The predicted molar refractivity (Wildman–Crippen MR) is 132 cm³/mol. The maximum absolute atomic E-state index is 10.6. The SMILES string of the molecule is Cc1cccc(C[C@@H](O)C=C[C@@H]2[C@H]3CC(COCCCN(C)C(C)(C)C)=C[C@H]3C[C@H]2O)c1. The molecule has 3 rings (SSSR count). The van der Waals surface area contributed by atoms with Gasteiger partial charge in [-0.3, -0.25) is 0 Å². The van der Waals surface area contributed by atoms with E-state index >= 15 is 0 Å². The summed E-state index contributed by atoms with van der Waals surface area (Å²) in [7, 11) is 2.16. The van der Waals surface area contributed by atoms with E-state index in [1.807, 2.05) is 12.1 Å². The van der Waals surface area contributed by atoms with Gasteiger partial charge in [-0.1, -0.05) is 48.1 Å². The van der Waals surface area contributed by atoms with Crippen molar-refractivity contribution < 1.29 is 14.9 Å². The first-order chi connectivity index (χ1) is 15.1. The molecule has 5 atom stereocenters. The van der Waals surface area contributed by atoms with E-state index in [0.29, 0.717) is 24.9 Å². The molecular weight excluding hydrogens is 398 g/mol. The molecule has 0 unspecified atom stereocenters. The predicted octanol–water partition coefficient (Wildman–Crippen LogP) is 4.53. The van der Waals surface area contributed by atoms with Crippen molar-refractivity contribution in [2.24, 2.45) is 17.8 Å². The fourth-order valence-electron chi connectivity index (χ4n) is 5.06. The fraction of sp³-hybridized carbons (Fsp3) is 0.643. The molecular formula is C28H43NO3. The summed E-state index contributed by atoms with van der Waals surface area (Å²) >= 11 is 0. The first kappa shape index (κ1) is 25.2. The van der Waals surface area contributed by atoms with Crippen LogP contribution >= 0.6 is 0 Å². The third-order valence-electron chi connectivity index (χ3n) is 7.25. The van der Waals surface area contributed by atoms with Crippen molar-refractivity contribution in [2.45, 2.75) is 71.1 Å².